The van der Waals surface area contributed by atoms with Gasteiger partial charge in [0.15, 0.2) is 6.10 Å². The predicted molar refractivity (Wildman–Crippen MR) is 65.8 cm³/mol. The van der Waals surface area contributed by atoms with Gasteiger partial charge < -0.3 is 14.7 Å². The molecule has 1 aromatic carbocycles. The first-order valence-corrected chi connectivity index (χ1v) is 6.32. The van der Waals surface area contributed by atoms with Crippen molar-refractivity contribution in [1.29, 1.82) is 0 Å². The molecule has 0 bridgehead atoms. The number of nitrogens with zero attached hydrogens (tertiary/aromatic N) is 1. The Morgan fingerprint density at radius 3 is 2.50 bits per heavy atom. The summed E-state index contributed by atoms with van der Waals surface area (Å²) in [4.78, 5) is 13.6. The van der Waals surface area contributed by atoms with Gasteiger partial charge >= 0.3 is 0 Å². The van der Waals surface area contributed by atoms with Crippen molar-refractivity contribution in [2.24, 2.45) is 0 Å². The minimum atomic E-state index is -0.641. The van der Waals surface area contributed by atoms with Crippen LogP contribution < -0.4 is 0 Å². The van der Waals surface area contributed by atoms with E-state index < -0.39 is 18.3 Å². The molecule has 1 aromatic rings. The van der Waals surface area contributed by atoms with Crippen LogP contribution in [-0.2, 0) is 9.53 Å². The van der Waals surface area contributed by atoms with Crippen molar-refractivity contribution in [3.05, 3.63) is 35.9 Å². The van der Waals surface area contributed by atoms with Crippen LogP contribution in [0.25, 0.3) is 0 Å². The summed E-state index contributed by atoms with van der Waals surface area (Å²) in [6, 6.07) is 9.49. The van der Waals surface area contributed by atoms with Gasteiger partial charge in [-0.05, 0) is 19.4 Å². The number of carbonyl (C=O) groups is 1. The highest BCUT2D eigenvalue weighted by molar-refractivity contribution is 5.89. The molecule has 0 aliphatic carbocycles. The lowest BCUT2D eigenvalue weighted by atomic mass is 9.90. The van der Waals surface area contributed by atoms with Crippen LogP contribution in [0.3, 0.4) is 0 Å². The predicted octanol–water partition coefficient (Wildman–Crippen LogP) is 1.11. The molecule has 1 N–H and O–H groups in total. The lowest BCUT2D eigenvalue weighted by molar-refractivity contribution is -0.168. The van der Waals surface area contributed by atoms with Crippen LogP contribution in [-0.4, -0.2) is 40.2 Å². The number of ether oxygens (including phenoxy) is 1. The fraction of sp³-hybridized carbons (Fsp3) is 0.500. The van der Waals surface area contributed by atoms with E-state index in [9.17, 15) is 9.90 Å². The maximum Gasteiger partial charge on any atom is 0.254 e. The molecule has 2 saturated heterocycles. The largest absolute Gasteiger partial charge is 0.388 e. The van der Waals surface area contributed by atoms with Crippen molar-refractivity contribution in [1.82, 2.24) is 4.90 Å². The number of hydrogen-bond acceptors (Lipinski definition) is 3. The lowest BCUT2D eigenvalue weighted by Gasteiger charge is -2.45. The molecule has 96 valence electrons. The number of amides is 1. The Hall–Kier alpha value is -1.39. The van der Waals surface area contributed by atoms with Gasteiger partial charge in [-0.1, -0.05) is 30.3 Å². The highest BCUT2D eigenvalue weighted by Crippen LogP contribution is 2.43. The Bertz CT molecular complexity index is 459. The van der Waals surface area contributed by atoms with E-state index in [0.717, 1.165) is 5.56 Å². The van der Waals surface area contributed by atoms with E-state index in [-0.39, 0.29) is 18.0 Å². The molecule has 4 atom stereocenters. The fourth-order valence-electron chi connectivity index (χ4n) is 2.92. The van der Waals surface area contributed by atoms with E-state index >= 15 is 0 Å². The van der Waals surface area contributed by atoms with Crippen molar-refractivity contribution in [2.75, 3.05) is 0 Å². The summed E-state index contributed by atoms with van der Waals surface area (Å²) in [6.45, 7) is 3.91. The SMILES string of the molecule is CC(C)N1C(=O)[C@H]2O[C@H](c3ccccc3)[C@@H](O)[C@H]21. The molecular weight excluding hydrogens is 230 g/mol. The van der Waals surface area contributed by atoms with Crippen LogP contribution in [0.15, 0.2) is 30.3 Å². The van der Waals surface area contributed by atoms with E-state index in [2.05, 4.69) is 0 Å². The number of benzene rings is 1. The fourth-order valence-corrected chi connectivity index (χ4v) is 2.92. The first-order chi connectivity index (χ1) is 8.61. The molecule has 2 fully saturated rings. The summed E-state index contributed by atoms with van der Waals surface area (Å²) < 4.78 is 5.71. The second-order valence-corrected chi connectivity index (χ2v) is 5.21. The van der Waals surface area contributed by atoms with Gasteiger partial charge in [-0.3, -0.25) is 4.79 Å². The third kappa shape index (κ3) is 1.49. The van der Waals surface area contributed by atoms with Crippen LogP contribution in [0.4, 0.5) is 0 Å². The smallest absolute Gasteiger partial charge is 0.254 e. The van der Waals surface area contributed by atoms with Gasteiger partial charge in [0.05, 0.1) is 6.04 Å². The van der Waals surface area contributed by atoms with Crippen LogP contribution in [0.5, 0.6) is 0 Å². The van der Waals surface area contributed by atoms with Gasteiger partial charge in [-0.25, -0.2) is 0 Å². The third-order valence-corrected chi connectivity index (χ3v) is 3.77. The molecule has 18 heavy (non-hydrogen) atoms. The highest BCUT2D eigenvalue weighted by atomic mass is 16.5. The first-order valence-electron chi connectivity index (χ1n) is 6.32. The monoisotopic (exact) mass is 247 g/mol. The molecule has 4 nitrogen and oxygen atoms in total. The minimum absolute atomic E-state index is 0.00696. The molecule has 1 amide bonds. The quantitative estimate of drug-likeness (QED) is 0.796. The van der Waals surface area contributed by atoms with Crippen LogP contribution >= 0.6 is 0 Å². The van der Waals surface area contributed by atoms with Crippen LogP contribution in [0.2, 0.25) is 0 Å². The minimum Gasteiger partial charge on any atom is -0.388 e. The molecule has 2 heterocycles. The Morgan fingerprint density at radius 1 is 1.22 bits per heavy atom. The Morgan fingerprint density at radius 2 is 1.89 bits per heavy atom. The number of carbonyl (C=O) groups excluding carboxylic acids is 1. The molecule has 0 unspecified atom stereocenters. The van der Waals surface area contributed by atoms with E-state index in [4.69, 9.17) is 4.74 Å². The lowest BCUT2D eigenvalue weighted by Crippen LogP contribution is -2.67. The van der Waals surface area contributed by atoms with Gasteiger partial charge in [-0.15, -0.1) is 0 Å². The van der Waals surface area contributed by atoms with Crippen molar-refractivity contribution >= 4 is 5.91 Å². The maximum absolute atomic E-state index is 11.9. The number of likely N-dealkylation sites (tertiary alicyclic amines) is 1. The maximum atomic E-state index is 11.9. The molecule has 2 aliphatic heterocycles. The van der Waals surface area contributed by atoms with E-state index in [1.807, 2.05) is 44.2 Å². The van der Waals surface area contributed by atoms with Crippen LogP contribution in [0.1, 0.15) is 25.5 Å². The summed E-state index contributed by atoms with van der Waals surface area (Å²) >= 11 is 0. The number of fused-ring (bicyclic) bond motifs is 1. The van der Waals surface area contributed by atoms with Crippen molar-refractivity contribution in [2.45, 2.75) is 44.2 Å². The summed E-state index contributed by atoms with van der Waals surface area (Å²) in [6.07, 6.45) is -1.50. The number of hydrogen-bond donors (Lipinski definition) is 1. The Balaban J connectivity index is 1.85. The van der Waals surface area contributed by atoms with Gasteiger partial charge in [0.2, 0.25) is 0 Å². The van der Waals surface area contributed by atoms with Gasteiger partial charge in [0, 0.05) is 6.04 Å². The zero-order valence-corrected chi connectivity index (χ0v) is 10.5. The Kier molecular flexibility index (Phi) is 2.64. The van der Waals surface area contributed by atoms with Crippen molar-refractivity contribution in [3.63, 3.8) is 0 Å². The second-order valence-electron chi connectivity index (χ2n) is 5.21. The zero-order chi connectivity index (χ0) is 12.9. The number of aliphatic hydroxyl groups is 1. The number of rotatable bonds is 2. The normalized spacial score (nSPS) is 34.7. The standard InChI is InChI=1S/C14H17NO3/c1-8(2)15-10-11(16)12(18-13(10)14(15)17)9-6-4-3-5-7-9/h3-8,10-13,16H,1-2H3/t10-,11+,12-,13+/m1/s1. The molecule has 0 aromatic heterocycles. The van der Waals surface area contributed by atoms with Gasteiger partial charge in [0.25, 0.3) is 5.91 Å². The summed E-state index contributed by atoms with van der Waals surface area (Å²) in [5.74, 6) is -0.00696. The van der Waals surface area contributed by atoms with Gasteiger partial charge in [-0.2, -0.15) is 0 Å². The first kappa shape index (κ1) is 11.7. The van der Waals surface area contributed by atoms with Crippen LogP contribution in [0, 0.1) is 0 Å². The number of β-lactam (4-membered cyclic amide) rings is 1. The number of aliphatic hydroxyl groups excluding tert-OH is 1. The average molecular weight is 247 g/mol. The van der Waals surface area contributed by atoms with E-state index in [1.54, 1.807) is 4.90 Å². The molecule has 3 rings (SSSR count). The molecule has 0 radical (unpaired) electrons. The van der Waals surface area contributed by atoms with E-state index in [0.29, 0.717) is 0 Å². The highest BCUT2D eigenvalue weighted by Gasteiger charge is 2.60. The Labute approximate surface area is 106 Å². The van der Waals surface area contributed by atoms with Gasteiger partial charge in [0.1, 0.15) is 12.2 Å². The summed E-state index contributed by atoms with van der Waals surface area (Å²) in [5.41, 5.74) is 0.927. The molecule has 4 heteroatoms. The summed E-state index contributed by atoms with van der Waals surface area (Å²) in [5, 5.41) is 10.4. The summed E-state index contributed by atoms with van der Waals surface area (Å²) in [7, 11) is 0. The topological polar surface area (TPSA) is 49.8 Å². The molecule has 0 saturated carbocycles. The van der Waals surface area contributed by atoms with Crippen molar-refractivity contribution in [3.8, 4) is 0 Å². The average Bonchev–Trinajstić information content (AvgIpc) is 2.64. The molecular formula is C14H17NO3. The third-order valence-electron chi connectivity index (χ3n) is 3.77. The molecule has 2 aliphatic rings. The zero-order valence-electron chi connectivity index (χ0n) is 10.5. The second kappa shape index (κ2) is 4.07. The van der Waals surface area contributed by atoms with E-state index in [1.165, 1.54) is 0 Å². The molecule has 0 spiro atoms. The van der Waals surface area contributed by atoms with Crippen molar-refractivity contribution < 1.29 is 14.6 Å².